The Kier molecular flexibility index (Phi) is 12.4. The molecule has 0 radical (unpaired) electrons. The fourth-order valence-electron chi connectivity index (χ4n) is 9.31. The Morgan fingerprint density at radius 1 is 0.400 bits per heavy atom. The number of rotatable bonds is 8. The van der Waals surface area contributed by atoms with E-state index in [-0.39, 0.29) is 27.4 Å². The van der Waals surface area contributed by atoms with E-state index in [0.29, 0.717) is 11.3 Å². The van der Waals surface area contributed by atoms with Gasteiger partial charge in [0.05, 0.1) is 17.1 Å². The van der Waals surface area contributed by atoms with Crippen molar-refractivity contribution in [2.45, 2.75) is 105 Å². The molecule has 70 heavy (non-hydrogen) atoms. The predicted molar refractivity (Wildman–Crippen MR) is 298 cm³/mol. The van der Waals surface area contributed by atoms with Gasteiger partial charge in [-0.1, -0.05) is 204 Å². The number of anilines is 3. The summed E-state index contributed by atoms with van der Waals surface area (Å²) in [5, 5.41) is 14.8. The zero-order valence-electron chi connectivity index (χ0n) is 43.1. The molecule has 0 saturated carbocycles. The first-order chi connectivity index (χ1) is 33.1. The number of aromatic hydroxyl groups is 1. The fourth-order valence-corrected chi connectivity index (χ4v) is 9.31. The molecule has 0 spiro atoms. The summed E-state index contributed by atoms with van der Waals surface area (Å²) in [5.41, 5.74) is 15.5. The third kappa shape index (κ3) is 9.92. The van der Waals surface area contributed by atoms with Crippen LogP contribution in [0.1, 0.15) is 105 Å². The van der Waals surface area contributed by atoms with Crippen LogP contribution in [0.3, 0.4) is 0 Å². The Morgan fingerprint density at radius 2 is 0.929 bits per heavy atom. The van der Waals surface area contributed by atoms with E-state index in [1.165, 1.54) is 11.1 Å². The van der Waals surface area contributed by atoms with Crippen molar-refractivity contribution in [1.29, 1.82) is 0 Å². The van der Waals surface area contributed by atoms with Gasteiger partial charge in [0.1, 0.15) is 11.6 Å². The molecule has 9 aromatic rings. The quantitative estimate of drug-likeness (QED) is 0.165. The molecule has 0 atom stereocenters. The summed E-state index contributed by atoms with van der Waals surface area (Å²) in [4.78, 5) is 13.1. The Balaban J connectivity index is 1.41. The molecule has 4 nitrogen and oxygen atoms in total. The molecule has 0 unspecified atom stereocenters. The molecule has 0 aliphatic rings. The molecule has 0 bridgehead atoms. The normalized spacial score (nSPS) is 12.3. The molecular weight excluding hydrogens is 851 g/mol. The molecule has 1 N–H and O–H groups in total. The van der Waals surface area contributed by atoms with Gasteiger partial charge in [0.2, 0.25) is 0 Å². The third-order valence-electron chi connectivity index (χ3n) is 13.6. The Morgan fingerprint density at radius 3 is 1.56 bits per heavy atom. The number of nitrogens with zero attached hydrogens (tertiary/aromatic N) is 3. The van der Waals surface area contributed by atoms with Crippen LogP contribution in [-0.4, -0.2) is 15.1 Å². The van der Waals surface area contributed by atoms with Crippen LogP contribution in [0.2, 0.25) is 0 Å². The van der Waals surface area contributed by atoms with Gasteiger partial charge in [-0.25, -0.2) is 4.98 Å². The molecule has 352 valence electrons. The average Bonchev–Trinajstić information content (AvgIpc) is 3.33. The summed E-state index contributed by atoms with van der Waals surface area (Å²) < 4.78 is 0. The van der Waals surface area contributed by atoms with Crippen molar-refractivity contribution in [3.8, 4) is 61.6 Å². The summed E-state index contributed by atoms with van der Waals surface area (Å²) in [7, 11) is 0. The maximum Gasteiger partial charge on any atom is 0.138 e. The van der Waals surface area contributed by atoms with Crippen LogP contribution in [0.25, 0.3) is 66.7 Å². The third-order valence-corrected chi connectivity index (χ3v) is 13.6. The van der Waals surface area contributed by atoms with Gasteiger partial charge in [0, 0.05) is 34.0 Å². The summed E-state index contributed by atoms with van der Waals surface area (Å²) in [5.74, 6) is 0.978. The van der Waals surface area contributed by atoms with Gasteiger partial charge < -0.3 is 5.11 Å². The predicted octanol–water partition coefficient (Wildman–Crippen LogP) is 18.3. The van der Waals surface area contributed by atoms with E-state index in [2.05, 4.69) is 264 Å². The SMILES string of the molecule is CC(C)(C)c1cc(-c2cc(-c3cc(C(C)(C)C)cc(C(C)(C)C)c3O)nc(N(c3cc(-c4ccccc4)cc(-c4cc(-c5ccccc5)ccn4)c3)c3cccc4ccccc34)c2)cc(C(C)(C)C)c1. The smallest absolute Gasteiger partial charge is 0.138 e. The maximum absolute atomic E-state index is 12.6. The molecule has 0 aliphatic carbocycles. The minimum atomic E-state index is -0.335. The second-order valence-corrected chi connectivity index (χ2v) is 23.1. The monoisotopic (exact) mass is 918 g/mol. The highest BCUT2D eigenvalue weighted by Crippen LogP contribution is 2.47. The first kappa shape index (κ1) is 47.8. The Bertz CT molecular complexity index is 3320. The van der Waals surface area contributed by atoms with E-state index in [0.717, 1.165) is 83.7 Å². The topological polar surface area (TPSA) is 49.3 Å². The van der Waals surface area contributed by atoms with E-state index < -0.39 is 0 Å². The lowest BCUT2D eigenvalue weighted by Crippen LogP contribution is -2.17. The van der Waals surface area contributed by atoms with Gasteiger partial charge in [0.25, 0.3) is 0 Å². The molecule has 0 saturated heterocycles. The summed E-state index contributed by atoms with van der Waals surface area (Å²) in [6.45, 7) is 26.9. The van der Waals surface area contributed by atoms with Crippen molar-refractivity contribution in [2.24, 2.45) is 0 Å². The van der Waals surface area contributed by atoms with Crippen LogP contribution in [0.5, 0.6) is 5.75 Å². The Hall–Kier alpha value is -7.30. The minimum absolute atomic E-state index is 0.106. The number of benzene rings is 7. The largest absolute Gasteiger partial charge is 0.507 e. The molecular formula is C66H67N3O. The van der Waals surface area contributed by atoms with Crippen LogP contribution < -0.4 is 4.90 Å². The zero-order valence-corrected chi connectivity index (χ0v) is 43.1. The highest BCUT2D eigenvalue weighted by Gasteiger charge is 2.29. The number of pyridine rings is 2. The highest BCUT2D eigenvalue weighted by atomic mass is 16.3. The number of hydrogen-bond acceptors (Lipinski definition) is 4. The van der Waals surface area contributed by atoms with Crippen molar-refractivity contribution < 1.29 is 5.11 Å². The van der Waals surface area contributed by atoms with Gasteiger partial charge >= 0.3 is 0 Å². The number of phenols is 1. The van der Waals surface area contributed by atoms with Crippen molar-refractivity contribution in [1.82, 2.24) is 9.97 Å². The van der Waals surface area contributed by atoms with Crippen molar-refractivity contribution in [3.05, 3.63) is 204 Å². The van der Waals surface area contributed by atoms with Gasteiger partial charge in [-0.3, -0.25) is 9.88 Å². The van der Waals surface area contributed by atoms with Crippen molar-refractivity contribution >= 4 is 28.0 Å². The van der Waals surface area contributed by atoms with E-state index in [1.807, 2.05) is 6.20 Å². The lowest BCUT2D eigenvalue weighted by molar-refractivity contribution is 0.446. The number of aromatic nitrogens is 2. The van der Waals surface area contributed by atoms with Gasteiger partial charge in [-0.2, -0.15) is 0 Å². The molecule has 0 fully saturated rings. The van der Waals surface area contributed by atoms with Crippen LogP contribution in [-0.2, 0) is 21.7 Å². The summed E-state index contributed by atoms with van der Waals surface area (Å²) >= 11 is 0. The Labute approximate surface area is 416 Å². The van der Waals surface area contributed by atoms with Crippen LogP contribution in [0.4, 0.5) is 17.2 Å². The molecule has 2 aromatic heterocycles. The van der Waals surface area contributed by atoms with Gasteiger partial charge in [-0.15, -0.1) is 0 Å². The van der Waals surface area contributed by atoms with Gasteiger partial charge in [-0.05, 0) is 132 Å². The molecule has 0 amide bonds. The van der Waals surface area contributed by atoms with E-state index in [1.54, 1.807) is 0 Å². The van der Waals surface area contributed by atoms with Crippen LogP contribution in [0, 0.1) is 0 Å². The first-order valence-electron chi connectivity index (χ1n) is 24.7. The fraction of sp³-hybridized carbons (Fsp3) is 0.242. The highest BCUT2D eigenvalue weighted by molar-refractivity contribution is 6.00. The number of hydrogen-bond donors (Lipinski definition) is 1. The standard InChI is InChI=1S/C66H67N3O/c1-63(2,3)51-33-48(34-52(40-51)64(4,5)6)49-38-59(56-41-53(65(7,8)9)42-57(62(56)70)66(10,11)12)68-61(39-49)69(60-29-21-27-45-26-19-20-28-55(45)60)54-35-47(44-24-17-14-18-25-44)32-50(36-54)58-37-46(30-31-67-58)43-22-15-13-16-23-43/h13-42,70H,1-12H3. The van der Waals surface area contributed by atoms with Crippen molar-refractivity contribution in [2.75, 3.05) is 4.90 Å². The van der Waals surface area contributed by atoms with Crippen molar-refractivity contribution in [3.63, 3.8) is 0 Å². The average molecular weight is 918 g/mol. The summed E-state index contributed by atoms with van der Waals surface area (Å²) in [6.07, 6.45) is 1.91. The van der Waals surface area contributed by atoms with Crippen LogP contribution >= 0.6 is 0 Å². The first-order valence-corrected chi connectivity index (χ1v) is 24.7. The van der Waals surface area contributed by atoms with Crippen LogP contribution in [0.15, 0.2) is 182 Å². The van der Waals surface area contributed by atoms with Gasteiger partial charge in [0.15, 0.2) is 0 Å². The lowest BCUT2D eigenvalue weighted by atomic mass is 9.78. The van der Waals surface area contributed by atoms with E-state index >= 15 is 0 Å². The second kappa shape index (κ2) is 18.2. The molecule has 2 heterocycles. The maximum atomic E-state index is 12.6. The zero-order chi connectivity index (χ0) is 49.8. The van der Waals surface area contributed by atoms with E-state index in [4.69, 9.17) is 9.97 Å². The minimum Gasteiger partial charge on any atom is -0.507 e. The summed E-state index contributed by atoms with van der Waals surface area (Å²) in [6, 6.07) is 63.1. The molecule has 7 aromatic carbocycles. The second-order valence-electron chi connectivity index (χ2n) is 23.1. The lowest BCUT2D eigenvalue weighted by Gasteiger charge is -2.30. The van der Waals surface area contributed by atoms with E-state index in [9.17, 15) is 5.11 Å². The molecule has 9 rings (SSSR count). The number of fused-ring (bicyclic) bond motifs is 1. The molecule has 4 heteroatoms. The number of phenolic OH excluding ortho intramolecular Hbond substituents is 1. The molecule has 0 aliphatic heterocycles.